The van der Waals surface area contributed by atoms with E-state index >= 15 is 0 Å². The molecule has 2 aromatic carbocycles. The Kier molecular flexibility index (Phi) is 6.31. The van der Waals surface area contributed by atoms with E-state index in [1.165, 1.54) is 30.7 Å². The molecule has 3 aromatic rings. The van der Waals surface area contributed by atoms with Gasteiger partial charge < -0.3 is 14.5 Å². The number of nitrogens with zero attached hydrogens (tertiary/aromatic N) is 5. The number of aromatic nitrogens is 2. The zero-order valence-electron chi connectivity index (χ0n) is 19.6. The molecule has 0 atom stereocenters. The number of piperidine rings is 1. The van der Waals surface area contributed by atoms with Gasteiger partial charge in [-0.05, 0) is 50.5 Å². The van der Waals surface area contributed by atoms with Gasteiger partial charge in [0.25, 0.3) is 11.6 Å². The number of carbonyl (C=O) groups excluding carboxylic acids is 1. The van der Waals surface area contributed by atoms with E-state index in [4.69, 9.17) is 14.7 Å². The number of hydrogen-bond acceptors (Lipinski definition) is 7. The van der Waals surface area contributed by atoms with Crippen molar-refractivity contribution in [1.82, 2.24) is 14.9 Å². The predicted molar refractivity (Wildman–Crippen MR) is 131 cm³/mol. The predicted octanol–water partition coefficient (Wildman–Crippen LogP) is 4.67. The molecule has 0 radical (unpaired) electrons. The minimum Gasteiger partial charge on any atom is -0.438 e. The van der Waals surface area contributed by atoms with Crippen LogP contribution in [0.2, 0.25) is 0 Å². The van der Waals surface area contributed by atoms with Crippen molar-refractivity contribution in [2.45, 2.75) is 39.2 Å². The maximum absolute atomic E-state index is 13.2. The zero-order chi connectivity index (χ0) is 24.4. The average Bonchev–Trinajstić information content (AvgIpc) is 2.90. The molecule has 9 heteroatoms. The van der Waals surface area contributed by atoms with Crippen molar-refractivity contribution in [1.29, 1.82) is 0 Å². The summed E-state index contributed by atoms with van der Waals surface area (Å²) in [6.07, 6.45) is 4.04. The topological polar surface area (TPSA) is 102 Å². The van der Waals surface area contributed by atoms with Crippen LogP contribution in [0.5, 0.6) is 11.6 Å². The van der Waals surface area contributed by atoms with Crippen molar-refractivity contribution in [3.8, 4) is 11.6 Å². The summed E-state index contributed by atoms with van der Waals surface area (Å²) in [5.74, 6) is 1.65. The van der Waals surface area contributed by atoms with Gasteiger partial charge in [-0.25, -0.2) is 4.98 Å². The second-order valence-corrected chi connectivity index (χ2v) is 9.00. The van der Waals surface area contributed by atoms with Gasteiger partial charge in [-0.3, -0.25) is 14.9 Å². The third-order valence-corrected chi connectivity index (χ3v) is 6.50. The van der Waals surface area contributed by atoms with Crippen molar-refractivity contribution >= 4 is 17.5 Å². The minimum absolute atomic E-state index is 0.0436. The van der Waals surface area contributed by atoms with Crippen LogP contribution in [0.3, 0.4) is 0 Å². The monoisotopic (exact) mass is 473 g/mol. The van der Waals surface area contributed by atoms with E-state index in [0.29, 0.717) is 42.7 Å². The number of hydrogen-bond donors (Lipinski definition) is 0. The second-order valence-electron chi connectivity index (χ2n) is 9.00. The molecular weight excluding hydrogens is 446 g/mol. The molecule has 9 nitrogen and oxygen atoms in total. The number of nitro benzene ring substituents is 1. The van der Waals surface area contributed by atoms with Crippen LogP contribution in [0.15, 0.2) is 48.5 Å². The van der Waals surface area contributed by atoms with Gasteiger partial charge >= 0.3 is 0 Å². The van der Waals surface area contributed by atoms with Crippen LogP contribution in [0.25, 0.3) is 0 Å². The molecule has 5 rings (SSSR count). The largest absolute Gasteiger partial charge is 0.438 e. The Labute approximate surface area is 203 Å². The number of ether oxygens (including phenoxy) is 1. The Morgan fingerprint density at radius 3 is 2.37 bits per heavy atom. The summed E-state index contributed by atoms with van der Waals surface area (Å²) in [6, 6.07) is 13.5. The standard InChI is InChI=1S/C26H27N5O4/c1-18-5-11-21(12-6-18)35-24-22-17-30(25(32)19-7-9-20(10-8-19)31(33)34)16-13-23(22)27-26(28-24)29-14-3-2-4-15-29/h5-12H,2-4,13-17H2,1H3. The van der Waals surface area contributed by atoms with E-state index in [0.717, 1.165) is 42.8 Å². The van der Waals surface area contributed by atoms with Gasteiger partial charge in [-0.15, -0.1) is 0 Å². The van der Waals surface area contributed by atoms with Crippen molar-refractivity contribution in [2.75, 3.05) is 24.5 Å². The van der Waals surface area contributed by atoms with Gasteiger partial charge in [-0.2, -0.15) is 4.98 Å². The normalized spacial score (nSPS) is 15.5. The molecule has 0 saturated carbocycles. The molecule has 0 N–H and O–H groups in total. The highest BCUT2D eigenvalue weighted by Gasteiger charge is 2.29. The SMILES string of the molecule is Cc1ccc(Oc2nc(N3CCCCC3)nc3c2CN(C(=O)c2ccc([N+](=O)[O-])cc2)CC3)cc1. The van der Waals surface area contributed by atoms with E-state index in [9.17, 15) is 14.9 Å². The molecule has 1 saturated heterocycles. The zero-order valence-corrected chi connectivity index (χ0v) is 19.6. The minimum atomic E-state index is -0.475. The number of non-ortho nitro benzene ring substituents is 1. The molecule has 0 aliphatic carbocycles. The lowest BCUT2D eigenvalue weighted by molar-refractivity contribution is -0.384. The first kappa shape index (κ1) is 22.8. The number of carbonyl (C=O) groups is 1. The van der Waals surface area contributed by atoms with E-state index in [1.807, 2.05) is 31.2 Å². The van der Waals surface area contributed by atoms with Gasteiger partial charge in [0.15, 0.2) is 0 Å². The maximum Gasteiger partial charge on any atom is 0.269 e. The highest BCUT2D eigenvalue weighted by molar-refractivity contribution is 5.94. The lowest BCUT2D eigenvalue weighted by atomic mass is 10.0. The van der Waals surface area contributed by atoms with E-state index in [2.05, 4.69) is 4.90 Å². The Bertz CT molecular complexity index is 1240. The Hall–Kier alpha value is -4.01. The summed E-state index contributed by atoms with van der Waals surface area (Å²) in [6.45, 7) is 4.68. The first-order chi connectivity index (χ1) is 17.0. The molecule has 0 unspecified atom stereocenters. The number of nitro groups is 1. The molecule has 0 bridgehead atoms. The quantitative estimate of drug-likeness (QED) is 0.392. The average molecular weight is 474 g/mol. The summed E-state index contributed by atoms with van der Waals surface area (Å²) in [5, 5.41) is 10.9. The van der Waals surface area contributed by atoms with E-state index < -0.39 is 4.92 Å². The van der Waals surface area contributed by atoms with E-state index in [1.54, 1.807) is 4.90 Å². The number of benzene rings is 2. The number of amides is 1. The fraction of sp³-hybridized carbons (Fsp3) is 0.346. The van der Waals surface area contributed by atoms with Crippen LogP contribution < -0.4 is 9.64 Å². The summed E-state index contributed by atoms with van der Waals surface area (Å²) in [7, 11) is 0. The molecule has 35 heavy (non-hydrogen) atoms. The number of fused-ring (bicyclic) bond motifs is 1. The van der Waals surface area contributed by atoms with Crippen LogP contribution in [-0.4, -0.2) is 45.3 Å². The molecule has 1 aromatic heterocycles. The lowest BCUT2D eigenvalue weighted by Gasteiger charge is -2.32. The van der Waals surface area contributed by atoms with Gasteiger partial charge in [0.05, 0.1) is 22.7 Å². The summed E-state index contributed by atoms with van der Waals surface area (Å²) in [5.41, 5.74) is 3.20. The molecule has 1 amide bonds. The highest BCUT2D eigenvalue weighted by Crippen LogP contribution is 2.32. The third kappa shape index (κ3) is 4.94. The van der Waals surface area contributed by atoms with Crippen molar-refractivity contribution in [3.05, 3.63) is 81.0 Å². The van der Waals surface area contributed by atoms with Crippen LogP contribution in [0, 0.1) is 17.0 Å². The van der Waals surface area contributed by atoms with E-state index in [-0.39, 0.29) is 11.6 Å². The van der Waals surface area contributed by atoms with Crippen LogP contribution >= 0.6 is 0 Å². The molecule has 2 aliphatic heterocycles. The molecule has 1 fully saturated rings. The van der Waals surface area contributed by atoms with Crippen LogP contribution in [-0.2, 0) is 13.0 Å². The number of rotatable bonds is 5. The maximum atomic E-state index is 13.2. The molecule has 3 heterocycles. The summed E-state index contributed by atoms with van der Waals surface area (Å²) in [4.78, 5) is 37.3. The first-order valence-corrected chi connectivity index (χ1v) is 11.9. The number of anilines is 1. The third-order valence-electron chi connectivity index (χ3n) is 6.50. The summed E-state index contributed by atoms with van der Waals surface area (Å²) < 4.78 is 6.25. The molecule has 0 spiro atoms. The second kappa shape index (κ2) is 9.69. The van der Waals surface area contributed by atoms with Crippen LogP contribution in [0.1, 0.15) is 46.4 Å². The molecule has 2 aliphatic rings. The number of aryl methyl sites for hydroxylation is 1. The fourth-order valence-corrected chi connectivity index (χ4v) is 4.49. The van der Waals surface area contributed by atoms with Crippen molar-refractivity contribution in [2.24, 2.45) is 0 Å². The first-order valence-electron chi connectivity index (χ1n) is 11.9. The molecular formula is C26H27N5O4. The van der Waals surface area contributed by atoms with Gasteiger partial charge in [0.1, 0.15) is 5.75 Å². The van der Waals surface area contributed by atoms with Gasteiger partial charge in [0.2, 0.25) is 11.8 Å². The van der Waals surface area contributed by atoms with Crippen LogP contribution in [0.4, 0.5) is 11.6 Å². The lowest BCUT2D eigenvalue weighted by Crippen LogP contribution is -2.37. The molecule has 180 valence electrons. The Morgan fingerprint density at radius 1 is 0.971 bits per heavy atom. The van der Waals surface area contributed by atoms with Gasteiger partial charge in [-0.1, -0.05) is 17.7 Å². The van der Waals surface area contributed by atoms with Crippen molar-refractivity contribution in [3.63, 3.8) is 0 Å². The Morgan fingerprint density at radius 2 is 1.69 bits per heavy atom. The van der Waals surface area contributed by atoms with Gasteiger partial charge in [0, 0.05) is 43.8 Å². The summed E-state index contributed by atoms with van der Waals surface area (Å²) >= 11 is 0. The highest BCUT2D eigenvalue weighted by atomic mass is 16.6. The smallest absolute Gasteiger partial charge is 0.269 e. The van der Waals surface area contributed by atoms with Crippen molar-refractivity contribution < 1.29 is 14.5 Å². The Balaban J connectivity index is 1.45. The fourth-order valence-electron chi connectivity index (χ4n) is 4.49.